The second-order valence-corrected chi connectivity index (χ2v) is 8.49. The predicted octanol–water partition coefficient (Wildman–Crippen LogP) is 5.96. The number of ketones is 1. The van der Waals surface area contributed by atoms with Gasteiger partial charge < -0.3 is 19.7 Å². The number of halogens is 1. The van der Waals surface area contributed by atoms with Crippen LogP contribution in [-0.2, 0) is 9.59 Å². The van der Waals surface area contributed by atoms with Crippen molar-refractivity contribution in [1.29, 1.82) is 0 Å². The molecule has 4 aromatic carbocycles. The molecule has 1 atom stereocenters. The number of methoxy groups -OCH3 is 1. The summed E-state index contributed by atoms with van der Waals surface area (Å²) in [7, 11) is 1.34. The molecule has 1 unspecified atom stereocenters. The summed E-state index contributed by atoms with van der Waals surface area (Å²) in [5.74, 6) is -2.39. The molecule has 1 aliphatic heterocycles. The maximum Gasteiger partial charge on any atom is 0.300 e. The Labute approximate surface area is 217 Å². The maximum atomic E-state index is 14.2. The number of carbonyl (C=O) groups is 2. The monoisotopic (exact) mass is 511 g/mol. The average molecular weight is 512 g/mol. The van der Waals surface area contributed by atoms with E-state index in [9.17, 15) is 24.2 Å². The van der Waals surface area contributed by atoms with Crippen LogP contribution in [0, 0.1) is 5.82 Å². The number of phenols is 1. The van der Waals surface area contributed by atoms with Gasteiger partial charge in [-0.3, -0.25) is 14.5 Å². The number of phenolic OH excluding ortho intramolecular Hbond substituents is 1. The van der Waals surface area contributed by atoms with Crippen molar-refractivity contribution in [2.24, 2.45) is 0 Å². The number of anilines is 1. The summed E-state index contributed by atoms with van der Waals surface area (Å²) in [5.41, 5.74) is 0.0977. The molecule has 1 aliphatic rings. The highest BCUT2D eigenvalue weighted by Gasteiger charge is 2.48. The molecule has 0 bridgehead atoms. The lowest BCUT2D eigenvalue weighted by Crippen LogP contribution is -2.29. The van der Waals surface area contributed by atoms with Crippen molar-refractivity contribution in [3.63, 3.8) is 0 Å². The van der Waals surface area contributed by atoms with Gasteiger partial charge in [0.05, 0.1) is 30.0 Å². The number of hydrogen-bond donors (Lipinski definition) is 2. The van der Waals surface area contributed by atoms with Gasteiger partial charge in [-0.25, -0.2) is 4.39 Å². The van der Waals surface area contributed by atoms with Gasteiger partial charge in [-0.15, -0.1) is 0 Å². The summed E-state index contributed by atoms with van der Waals surface area (Å²) in [6, 6.07) is 24.1. The first-order chi connectivity index (χ1) is 18.4. The Morgan fingerprint density at radius 3 is 2.32 bits per heavy atom. The number of amides is 1. The molecule has 190 valence electrons. The van der Waals surface area contributed by atoms with Crippen molar-refractivity contribution in [3.05, 3.63) is 120 Å². The summed E-state index contributed by atoms with van der Waals surface area (Å²) in [6.07, 6.45) is 0. The highest BCUT2D eigenvalue weighted by Crippen LogP contribution is 2.46. The minimum atomic E-state index is -1.17. The van der Waals surface area contributed by atoms with E-state index in [4.69, 9.17) is 9.47 Å². The highest BCUT2D eigenvalue weighted by atomic mass is 19.1. The number of ether oxygens (including phenoxy) is 2. The molecule has 0 aliphatic carbocycles. The van der Waals surface area contributed by atoms with Crippen LogP contribution in [0.15, 0.2) is 103 Å². The molecule has 4 aromatic rings. The van der Waals surface area contributed by atoms with Gasteiger partial charge in [0.25, 0.3) is 11.7 Å². The minimum absolute atomic E-state index is 0.0687. The SMILES string of the molecule is COc1ccc(F)cc1/C(O)=C1\C(=O)C(=O)N(c2ccccc2O)C1c1cccc(Oc2ccccc2)c1. The van der Waals surface area contributed by atoms with Crippen LogP contribution in [0.4, 0.5) is 10.1 Å². The van der Waals surface area contributed by atoms with Crippen LogP contribution >= 0.6 is 0 Å². The highest BCUT2D eigenvalue weighted by molar-refractivity contribution is 6.52. The lowest BCUT2D eigenvalue weighted by molar-refractivity contribution is -0.132. The zero-order valence-corrected chi connectivity index (χ0v) is 20.2. The van der Waals surface area contributed by atoms with E-state index >= 15 is 0 Å². The summed E-state index contributed by atoms with van der Waals surface area (Å²) in [4.78, 5) is 27.9. The largest absolute Gasteiger partial charge is 0.507 e. The predicted molar refractivity (Wildman–Crippen MR) is 139 cm³/mol. The minimum Gasteiger partial charge on any atom is -0.507 e. The second-order valence-electron chi connectivity index (χ2n) is 8.49. The Morgan fingerprint density at radius 1 is 0.868 bits per heavy atom. The second kappa shape index (κ2) is 10.1. The molecular weight excluding hydrogens is 489 g/mol. The van der Waals surface area contributed by atoms with E-state index in [1.807, 2.05) is 18.2 Å². The number of nitrogens with zero attached hydrogens (tertiary/aromatic N) is 1. The molecular formula is C30H22FNO6. The fourth-order valence-corrected chi connectivity index (χ4v) is 4.45. The van der Waals surface area contributed by atoms with E-state index in [-0.39, 0.29) is 28.3 Å². The number of carbonyl (C=O) groups excluding carboxylic acids is 2. The van der Waals surface area contributed by atoms with Gasteiger partial charge in [-0.1, -0.05) is 42.5 Å². The summed E-state index contributed by atoms with van der Waals surface area (Å²) in [5, 5.41) is 21.9. The smallest absolute Gasteiger partial charge is 0.300 e. The Balaban J connectivity index is 1.72. The first-order valence-electron chi connectivity index (χ1n) is 11.6. The van der Waals surface area contributed by atoms with Gasteiger partial charge in [-0.05, 0) is 60.2 Å². The van der Waals surface area contributed by atoms with Crippen LogP contribution < -0.4 is 14.4 Å². The number of benzene rings is 4. The zero-order valence-electron chi connectivity index (χ0n) is 20.2. The lowest BCUT2D eigenvalue weighted by atomic mass is 9.94. The van der Waals surface area contributed by atoms with Crippen LogP contribution in [0.25, 0.3) is 5.76 Å². The van der Waals surface area contributed by atoms with E-state index in [1.54, 1.807) is 48.5 Å². The van der Waals surface area contributed by atoms with Gasteiger partial charge in [0, 0.05) is 0 Å². The molecule has 0 radical (unpaired) electrons. The number of aliphatic hydroxyl groups excluding tert-OH is 1. The zero-order chi connectivity index (χ0) is 26.8. The fourth-order valence-electron chi connectivity index (χ4n) is 4.45. The third-order valence-electron chi connectivity index (χ3n) is 6.16. The third kappa shape index (κ3) is 4.43. The van der Waals surface area contributed by atoms with Gasteiger partial charge in [-0.2, -0.15) is 0 Å². The normalized spacial score (nSPS) is 16.5. The van der Waals surface area contributed by atoms with Crippen molar-refractivity contribution in [2.75, 3.05) is 12.0 Å². The van der Waals surface area contributed by atoms with Crippen LogP contribution in [0.2, 0.25) is 0 Å². The summed E-state index contributed by atoms with van der Waals surface area (Å²) in [6.45, 7) is 0. The van der Waals surface area contributed by atoms with E-state index in [0.717, 1.165) is 17.0 Å². The molecule has 1 fully saturated rings. The molecule has 8 heteroatoms. The standard InChI is InChI=1S/C30H22FNO6/c1-37-25-15-14-19(31)17-22(25)28(34)26-27(32(30(36)29(26)35)23-12-5-6-13-24(23)33)18-8-7-11-21(16-18)38-20-9-3-2-4-10-20/h2-17,27,33-34H,1H3/b28-26+. The molecule has 0 saturated carbocycles. The van der Waals surface area contributed by atoms with Gasteiger partial charge >= 0.3 is 0 Å². The fraction of sp³-hybridized carbons (Fsp3) is 0.0667. The van der Waals surface area contributed by atoms with E-state index in [1.165, 1.54) is 25.3 Å². The van der Waals surface area contributed by atoms with E-state index in [2.05, 4.69) is 0 Å². The molecule has 0 spiro atoms. The van der Waals surface area contributed by atoms with Crippen LogP contribution in [0.3, 0.4) is 0 Å². The Kier molecular flexibility index (Phi) is 6.53. The van der Waals surface area contributed by atoms with Gasteiger partial charge in [0.15, 0.2) is 0 Å². The number of para-hydroxylation sites is 3. The number of aliphatic hydroxyl groups is 1. The molecule has 2 N–H and O–H groups in total. The maximum absolute atomic E-state index is 14.2. The average Bonchev–Trinajstić information content (AvgIpc) is 3.19. The molecule has 0 aromatic heterocycles. The number of Topliss-reactive ketones (excluding diaryl/α,β-unsaturated/α-hetero) is 1. The molecule has 1 amide bonds. The first kappa shape index (κ1) is 24.6. The van der Waals surface area contributed by atoms with Crippen molar-refractivity contribution >= 4 is 23.1 Å². The van der Waals surface area contributed by atoms with E-state index < -0.39 is 29.3 Å². The molecule has 1 heterocycles. The first-order valence-corrected chi connectivity index (χ1v) is 11.6. The van der Waals surface area contributed by atoms with Crippen molar-refractivity contribution in [2.45, 2.75) is 6.04 Å². The Hall–Kier alpha value is -5.11. The number of hydrogen-bond acceptors (Lipinski definition) is 6. The van der Waals surface area contributed by atoms with Gasteiger partial charge in [0.1, 0.15) is 34.6 Å². The number of rotatable bonds is 6. The summed E-state index contributed by atoms with van der Waals surface area (Å²) >= 11 is 0. The lowest BCUT2D eigenvalue weighted by Gasteiger charge is -2.26. The Morgan fingerprint density at radius 2 is 1.58 bits per heavy atom. The van der Waals surface area contributed by atoms with Crippen molar-refractivity contribution in [3.8, 4) is 23.0 Å². The molecule has 5 rings (SSSR count). The topological polar surface area (TPSA) is 96.3 Å². The van der Waals surface area contributed by atoms with Crippen LogP contribution in [0.5, 0.6) is 23.0 Å². The van der Waals surface area contributed by atoms with Crippen molar-refractivity contribution in [1.82, 2.24) is 0 Å². The quantitative estimate of drug-likeness (QED) is 0.188. The van der Waals surface area contributed by atoms with E-state index in [0.29, 0.717) is 17.1 Å². The van der Waals surface area contributed by atoms with Crippen LogP contribution in [-0.4, -0.2) is 29.0 Å². The Bertz CT molecular complexity index is 1570. The molecule has 1 saturated heterocycles. The van der Waals surface area contributed by atoms with Crippen molar-refractivity contribution < 1.29 is 33.7 Å². The summed E-state index contributed by atoms with van der Waals surface area (Å²) < 4.78 is 25.4. The number of aromatic hydroxyl groups is 1. The van der Waals surface area contributed by atoms with Crippen LogP contribution in [0.1, 0.15) is 17.2 Å². The molecule has 38 heavy (non-hydrogen) atoms. The van der Waals surface area contributed by atoms with Gasteiger partial charge in [0.2, 0.25) is 0 Å². The third-order valence-corrected chi connectivity index (χ3v) is 6.16. The molecule has 7 nitrogen and oxygen atoms in total.